The summed E-state index contributed by atoms with van der Waals surface area (Å²) in [5.41, 5.74) is 0.743. The Bertz CT molecular complexity index is 778. The van der Waals surface area contributed by atoms with Crippen molar-refractivity contribution in [1.29, 1.82) is 0 Å². The van der Waals surface area contributed by atoms with Crippen LogP contribution in [0, 0.1) is 6.92 Å². The Labute approximate surface area is 148 Å². The van der Waals surface area contributed by atoms with Gasteiger partial charge in [0.05, 0.1) is 12.2 Å². The summed E-state index contributed by atoms with van der Waals surface area (Å²) >= 11 is 3.21. The number of halogens is 1. The lowest BCUT2D eigenvalue weighted by molar-refractivity contribution is 0.0599. The van der Waals surface area contributed by atoms with Crippen LogP contribution in [-0.4, -0.2) is 58.2 Å². The van der Waals surface area contributed by atoms with Crippen molar-refractivity contribution in [3.05, 3.63) is 50.7 Å². The number of carbonyl (C=O) groups excluding carboxylic acids is 1. The minimum absolute atomic E-state index is 0.0854. The lowest BCUT2D eigenvalue weighted by Gasteiger charge is -2.34. The van der Waals surface area contributed by atoms with Gasteiger partial charge in [0.2, 0.25) is 0 Å². The van der Waals surface area contributed by atoms with Gasteiger partial charge >= 0.3 is 0 Å². The highest BCUT2D eigenvalue weighted by Crippen LogP contribution is 2.16. The molecule has 0 unspecified atom stereocenters. The molecule has 2 aromatic rings. The van der Waals surface area contributed by atoms with Gasteiger partial charge in [0, 0.05) is 38.8 Å². The summed E-state index contributed by atoms with van der Waals surface area (Å²) in [5, 5.41) is 4.24. The molecule has 0 atom stereocenters. The van der Waals surface area contributed by atoms with Crippen LogP contribution in [0.3, 0.4) is 0 Å². The number of hydrogen-bond donors (Lipinski definition) is 0. The maximum Gasteiger partial charge on any atom is 0.289 e. The van der Waals surface area contributed by atoms with Crippen molar-refractivity contribution in [2.24, 2.45) is 0 Å². The third-order valence-electron chi connectivity index (χ3n) is 4.07. The molecule has 1 aliphatic heterocycles. The first kappa shape index (κ1) is 16.9. The first-order chi connectivity index (χ1) is 11.5. The summed E-state index contributed by atoms with van der Waals surface area (Å²) in [4.78, 5) is 28.1. The predicted molar refractivity (Wildman–Crippen MR) is 92.0 cm³/mol. The van der Waals surface area contributed by atoms with E-state index < -0.39 is 0 Å². The Hall–Kier alpha value is -1.93. The second-order valence-electron chi connectivity index (χ2n) is 5.77. The Morgan fingerprint density at radius 2 is 1.92 bits per heavy atom. The molecule has 3 heterocycles. The normalized spacial score (nSPS) is 15.7. The van der Waals surface area contributed by atoms with Gasteiger partial charge in [-0.15, -0.1) is 0 Å². The van der Waals surface area contributed by atoms with Gasteiger partial charge < -0.3 is 9.32 Å². The largest absolute Gasteiger partial charge is 0.444 e. The molecule has 8 heteroatoms. The van der Waals surface area contributed by atoms with Crippen LogP contribution in [0.4, 0.5) is 0 Å². The average molecular weight is 395 g/mol. The molecule has 128 valence electrons. The van der Waals surface area contributed by atoms with Crippen molar-refractivity contribution >= 4 is 21.8 Å². The molecule has 7 nitrogen and oxygen atoms in total. The van der Waals surface area contributed by atoms with Gasteiger partial charge in [-0.05, 0) is 41.1 Å². The van der Waals surface area contributed by atoms with Crippen LogP contribution < -0.4 is 5.56 Å². The quantitative estimate of drug-likeness (QED) is 0.782. The zero-order valence-corrected chi connectivity index (χ0v) is 15.0. The minimum atomic E-state index is -0.0862. The van der Waals surface area contributed by atoms with E-state index in [0.717, 1.165) is 25.3 Å². The fraction of sp³-hybridized carbons (Fsp3) is 0.438. The van der Waals surface area contributed by atoms with Crippen LogP contribution in [0.2, 0.25) is 0 Å². The first-order valence-corrected chi connectivity index (χ1v) is 8.64. The number of carbonyl (C=O) groups is 1. The van der Waals surface area contributed by atoms with Gasteiger partial charge in [-0.25, -0.2) is 4.68 Å². The van der Waals surface area contributed by atoms with E-state index in [1.54, 1.807) is 29.2 Å². The Morgan fingerprint density at radius 1 is 1.17 bits per heavy atom. The van der Waals surface area contributed by atoms with E-state index >= 15 is 0 Å². The molecule has 0 saturated carbocycles. The van der Waals surface area contributed by atoms with E-state index in [1.807, 2.05) is 6.92 Å². The molecule has 1 fully saturated rings. The van der Waals surface area contributed by atoms with E-state index in [-0.39, 0.29) is 11.5 Å². The van der Waals surface area contributed by atoms with Crippen LogP contribution in [0.1, 0.15) is 16.2 Å². The lowest BCUT2D eigenvalue weighted by Crippen LogP contribution is -2.49. The summed E-state index contributed by atoms with van der Waals surface area (Å²) in [7, 11) is 0. The maximum absolute atomic E-state index is 12.3. The molecule has 1 aliphatic rings. The molecular weight excluding hydrogens is 376 g/mol. The fourth-order valence-corrected chi connectivity index (χ4v) is 3.01. The summed E-state index contributed by atoms with van der Waals surface area (Å²) in [6.07, 6.45) is 0. The number of furan rings is 1. The topological polar surface area (TPSA) is 71.6 Å². The first-order valence-electron chi connectivity index (χ1n) is 7.85. The SMILES string of the molecule is Cc1ccc(=O)n(CCN2CCN(C(=O)c3ccc(Br)o3)CC2)n1. The number of rotatable bonds is 4. The molecule has 1 saturated heterocycles. The molecule has 0 spiro atoms. The molecule has 0 N–H and O–H groups in total. The van der Waals surface area contributed by atoms with Crippen LogP contribution >= 0.6 is 15.9 Å². The van der Waals surface area contributed by atoms with Crippen LogP contribution in [0.25, 0.3) is 0 Å². The summed E-state index contributed by atoms with van der Waals surface area (Å²) < 4.78 is 7.37. The standard InChI is InChI=1S/C16H19BrN4O3/c1-12-2-5-15(22)21(18-12)11-8-19-6-9-20(10-7-19)16(23)13-3-4-14(17)24-13/h2-5H,6-11H2,1H3. The fourth-order valence-electron chi connectivity index (χ4n) is 2.71. The van der Waals surface area contributed by atoms with E-state index in [1.165, 1.54) is 4.68 Å². The number of nitrogens with zero attached hydrogens (tertiary/aromatic N) is 4. The zero-order chi connectivity index (χ0) is 17.1. The van der Waals surface area contributed by atoms with Crippen molar-refractivity contribution in [3.8, 4) is 0 Å². The Kier molecular flexibility index (Phi) is 5.15. The van der Waals surface area contributed by atoms with Crippen molar-refractivity contribution in [2.45, 2.75) is 13.5 Å². The molecule has 3 rings (SSSR count). The molecule has 0 radical (unpaired) electrons. The van der Waals surface area contributed by atoms with Gasteiger partial charge in [0.25, 0.3) is 11.5 Å². The van der Waals surface area contributed by atoms with Gasteiger partial charge in [-0.1, -0.05) is 0 Å². The Morgan fingerprint density at radius 3 is 2.58 bits per heavy atom. The van der Waals surface area contributed by atoms with Gasteiger partial charge in [0.1, 0.15) is 0 Å². The van der Waals surface area contributed by atoms with E-state index in [2.05, 4.69) is 25.9 Å². The second-order valence-corrected chi connectivity index (χ2v) is 6.56. The maximum atomic E-state index is 12.3. The van der Waals surface area contributed by atoms with Crippen molar-refractivity contribution < 1.29 is 9.21 Å². The minimum Gasteiger partial charge on any atom is -0.444 e. The Balaban J connectivity index is 1.51. The van der Waals surface area contributed by atoms with Gasteiger partial charge in [0.15, 0.2) is 10.4 Å². The predicted octanol–water partition coefficient (Wildman–Crippen LogP) is 1.37. The highest BCUT2D eigenvalue weighted by atomic mass is 79.9. The summed E-state index contributed by atoms with van der Waals surface area (Å²) in [5.74, 6) is 0.266. The van der Waals surface area contributed by atoms with Gasteiger partial charge in [-0.2, -0.15) is 5.10 Å². The van der Waals surface area contributed by atoms with E-state index in [4.69, 9.17) is 4.42 Å². The molecule has 24 heavy (non-hydrogen) atoms. The van der Waals surface area contributed by atoms with E-state index in [0.29, 0.717) is 30.1 Å². The molecular formula is C16H19BrN4O3. The molecule has 2 aromatic heterocycles. The summed E-state index contributed by atoms with van der Waals surface area (Å²) in [6.45, 7) is 6.00. The monoisotopic (exact) mass is 394 g/mol. The number of piperazine rings is 1. The third-order valence-corrected chi connectivity index (χ3v) is 4.50. The summed E-state index contributed by atoms with van der Waals surface area (Å²) in [6, 6.07) is 6.65. The average Bonchev–Trinajstić information content (AvgIpc) is 3.02. The number of aromatic nitrogens is 2. The van der Waals surface area contributed by atoms with E-state index in [9.17, 15) is 9.59 Å². The van der Waals surface area contributed by atoms with Crippen LogP contribution in [0.5, 0.6) is 0 Å². The second kappa shape index (κ2) is 7.31. The number of hydrogen-bond acceptors (Lipinski definition) is 5. The lowest BCUT2D eigenvalue weighted by atomic mass is 10.3. The van der Waals surface area contributed by atoms with Gasteiger partial charge in [-0.3, -0.25) is 14.5 Å². The van der Waals surface area contributed by atoms with Crippen LogP contribution in [-0.2, 0) is 6.54 Å². The highest BCUT2D eigenvalue weighted by Gasteiger charge is 2.24. The number of aryl methyl sites for hydroxylation is 1. The molecule has 0 aliphatic carbocycles. The van der Waals surface area contributed by atoms with Crippen LogP contribution in [0.15, 0.2) is 38.1 Å². The third kappa shape index (κ3) is 3.93. The van der Waals surface area contributed by atoms with Crippen molar-refractivity contribution in [1.82, 2.24) is 19.6 Å². The highest BCUT2D eigenvalue weighted by molar-refractivity contribution is 9.10. The number of amides is 1. The van der Waals surface area contributed by atoms with Crippen molar-refractivity contribution in [2.75, 3.05) is 32.7 Å². The van der Waals surface area contributed by atoms with Crippen molar-refractivity contribution in [3.63, 3.8) is 0 Å². The molecule has 0 bridgehead atoms. The zero-order valence-electron chi connectivity index (χ0n) is 13.4. The smallest absolute Gasteiger partial charge is 0.289 e. The molecule has 1 amide bonds. The molecule has 0 aromatic carbocycles.